The summed E-state index contributed by atoms with van der Waals surface area (Å²) < 4.78 is 13.2. The maximum atomic E-state index is 13.2. The summed E-state index contributed by atoms with van der Waals surface area (Å²) >= 11 is 0. The monoisotopic (exact) mass is 352 g/mol. The van der Waals surface area contributed by atoms with E-state index in [-0.39, 0.29) is 5.25 Å². The second-order valence-electron chi connectivity index (χ2n) is 8.36. The topological polar surface area (TPSA) is 37.3 Å². The van der Waals surface area contributed by atoms with Gasteiger partial charge in [0.2, 0.25) is 0 Å². The lowest BCUT2D eigenvalue weighted by molar-refractivity contribution is 0.000233. The van der Waals surface area contributed by atoms with E-state index in [1.807, 2.05) is 31.2 Å². The summed E-state index contributed by atoms with van der Waals surface area (Å²) in [5, 5.41) is 11.1. The van der Waals surface area contributed by atoms with Gasteiger partial charge in [0.25, 0.3) is 0 Å². The molecule has 1 aromatic carbocycles. The Morgan fingerprint density at radius 2 is 1.70 bits per heavy atom. The molecular formula is C19H32O2SSi. The lowest BCUT2D eigenvalue weighted by Crippen LogP contribution is -2.47. The third kappa shape index (κ3) is 5.26. The maximum absolute atomic E-state index is 13.2. The first-order valence-corrected chi connectivity index (χ1v) is 13.8. The molecule has 0 saturated heterocycles. The van der Waals surface area contributed by atoms with E-state index in [0.29, 0.717) is 0 Å². The van der Waals surface area contributed by atoms with Crippen LogP contribution in [0.1, 0.15) is 44.1 Å². The maximum Gasteiger partial charge on any atom is 0.0794 e. The summed E-state index contributed by atoms with van der Waals surface area (Å²) in [7, 11) is -2.35. The normalized spacial score (nSPS) is 20.9. The summed E-state index contributed by atoms with van der Waals surface area (Å²) in [5.41, 5.74) is 0.439. The van der Waals surface area contributed by atoms with E-state index in [4.69, 9.17) is 0 Å². The summed E-state index contributed by atoms with van der Waals surface area (Å²) in [6.45, 7) is 9.10. The molecule has 0 amide bonds. The fourth-order valence-corrected chi connectivity index (χ4v) is 6.52. The molecule has 130 valence electrons. The van der Waals surface area contributed by atoms with Crippen molar-refractivity contribution in [2.75, 3.05) is 0 Å². The van der Waals surface area contributed by atoms with E-state index < -0.39 is 24.5 Å². The van der Waals surface area contributed by atoms with Gasteiger partial charge in [-0.1, -0.05) is 62.6 Å². The van der Waals surface area contributed by atoms with E-state index in [2.05, 4.69) is 19.6 Å². The molecule has 1 aliphatic rings. The van der Waals surface area contributed by atoms with Gasteiger partial charge in [-0.2, -0.15) is 0 Å². The molecule has 1 aromatic rings. The summed E-state index contributed by atoms with van der Waals surface area (Å²) in [5.74, 6) is 0. The molecule has 4 heteroatoms. The van der Waals surface area contributed by atoms with Gasteiger partial charge in [0.05, 0.1) is 21.7 Å². The molecule has 2 nitrogen and oxygen atoms in total. The molecule has 1 saturated carbocycles. The lowest BCUT2D eigenvalue weighted by Gasteiger charge is -2.39. The van der Waals surface area contributed by atoms with Crippen molar-refractivity contribution < 1.29 is 9.32 Å². The highest BCUT2D eigenvalue weighted by Gasteiger charge is 2.42. The average molecular weight is 353 g/mol. The third-order valence-electron chi connectivity index (χ3n) is 4.99. The molecule has 2 rings (SSSR count). The van der Waals surface area contributed by atoms with Crippen LogP contribution in [0.25, 0.3) is 0 Å². The van der Waals surface area contributed by atoms with Crippen molar-refractivity contribution in [2.45, 2.75) is 86.9 Å². The number of rotatable bonds is 6. The molecule has 2 atom stereocenters. The van der Waals surface area contributed by atoms with Gasteiger partial charge in [-0.25, -0.2) is 0 Å². The van der Waals surface area contributed by atoms with Gasteiger partial charge in [0, 0.05) is 13.0 Å². The molecule has 1 N–H and O–H groups in total. The molecule has 1 fully saturated rings. The standard InChI is InChI=1S/C19H32O2SSi/c1-16-8-10-17(11-9-16)22(21)18(12-15-23(2,3)4)19(20)13-6-5-7-14-19/h8-11,18,20H,5-7,12-15H2,1-4H3/t18-,22-/m0/s1. The highest BCUT2D eigenvalue weighted by Crippen LogP contribution is 2.37. The second-order valence-corrected chi connectivity index (χ2v) is 15.6. The van der Waals surface area contributed by atoms with Crippen molar-refractivity contribution in [3.8, 4) is 0 Å². The van der Waals surface area contributed by atoms with E-state index in [1.165, 1.54) is 12.0 Å². The predicted octanol–water partition coefficient (Wildman–Crippen LogP) is 4.89. The van der Waals surface area contributed by atoms with Crippen LogP contribution >= 0.6 is 0 Å². The zero-order valence-electron chi connectivity index (χ0n) is 15.1. The number of benzene rings is 1. The molecule has 0 spiro atoms. The Hall–Kier alpha value is -0.453. The highest BCUT2D eigenvalue weighted by molar-refractivity contribution is 7.85. The van der Waals surface area contributed by atoms with Crippen LogP contribution in [-0.2, 0) is 10.8 Å². The van der Waals surface area contributed by atoms with Crippen molar-refractivity contribution >= 4 is 18.9 Å². The van der Waals surface area contributed by atoms with Crippen LogP contribution in [0.5, 0.6) is 0 Å². The van der Waals surface area contributed by atoms with Crippen LogP contribution < -0.4 is 0 Å². The van der Waals surface area contributed by atoms with Gasteiger partial charge in [0.1, 0.15) is 0 Å². The Morgan fingerprint density at radius 3 is 2.22 bits per heavy atom. The minimum atomic E-state index is -1.22. The van der Waals surface area contributed by atoms with Crippen molar-refractivity contribution in [1.29, 1.82) is 0 Å². The predicted molar refractivity (Wildman–Crippen MR) is 102 cm³/mol. The first-order chi connectivity index (χ1) is 10.7. The average Bonchev–Trinajstić information content (AvgIpc) is 2.47. The van der Waals surface area contributed by atoms with Gasteiger partial charge in [-0.05, 0) is 38.3 Å². The van der Waals surface area contributed by atoms with E-state index in [9.17, 15) is 9.32 Å². The van der Waals surface area contributed by atoms with Crippen LogP contribution in [0.2, 0.25) is 25.7 Å². The zero-order chi connectivity index (χ0) is 17.1. The molecule has 0 radical (unpaired) electrons. The van der Waals surface area contributed by atoms with Crippen LogP contribution in [0.4, 0.5) is 0 Å². The number of hydrogen-bond acceptors (Lipinski definition) is 2. The summed E-state index contributed by atoms with van der Waals surface area (Å²) in [6.07, 6.45) is 5.81. The molecule has 0 heterocycles. The van der Waals surface area contributed by atoms with Crippen LogP contribution in [0.3, 0.4) is 0 Å². The lowest BCUT2D eigenvalue weighted by atomic mass is 9.81. The van der Waals surface area contributed by atoms with Crippen LogP contribution in [-0.4, -0.2) is 28.2 Å². The SMILES string of the molecule is Cc1ccc([S@](=O)[C@@H](CC[Si](C)(C)C)C2(O)CCCCC2)cc1. The first-order valence-electron chi connectivity index (χ1n) is 8.91. The number of hydrogen-bond donors (Lipinski definition) is 1. The fraction of sp³-hybridized carbons (Fsp3) is 0.684. The molecule has 0 unspecified atom stereocenters. The van der Waals surface area contributed by atoms with Crippen molar-refractivity contribution in [3.05, 3.63) is 29.8 Å². The Labute approximate surface area is 145 Å². The van der Waals surface area contributed by atoms with Crippen molar-refractivity contribution in [2.24, 2.45) is 0 Å². The molecule has 0 aliphatic heterocycles. The summed E-state index contributed by atoms with van der Waals surface area (Å²) in [6, 6.07) is 9.11. The minimum Gasteiger partial charge on any atom is -0.389 e. The Balaban J connectivity index is 2.24. The Kier molecular flexibility index (Phi) is 6.26. The van der Waals surface area contributed by atoms with E-state index >= 15 is 0 Å². The quantitative estimate of drug-likeness (QED) is 0.740. The zero-order valence-corrected chi connectivity index (χ0v) is 16.9. The van der Waals surface area contributed by atoms with Gasteiger partial charge in [0.15, 0.2) is 0 Å². The first kappa shape index (κ1) is 18.9. The number of aliphatic hydroxyl groups is 1. The molecule has 0 bridgehead atoms. The highest BCUT2D eigenvalue weighted by atomic mass is 32.2. The largest absolute Gasteiger partial charge is 0.389 e. The molecule has 1 aliphatic carbocycles. The smallest absolute Gasteiger partial charge is 0.0794 e. The van der Waals surface area contributed by atoms with Crippen molar-refractivity contribution in [3.63, 3.8) is 0 Å². The van der Waals surface area contributed by atoms with Gasteiger partial charge in [-0.3, -0.25) is 4.21 Å². The fourth-order valence-electron chi connectivity index (χ4n) is 3.46. The van der Waals surface area contributed by atoms with Gasteiger partial charge in [-0.15, -0.1) is 0 Å². The molecule has 23 heavy (non-hydrogen) atoms. The van der Waals surface area contributed by atoms with Gasteiger partial charge < -0.3 is 5.11 Å². The van der Waals surface area contributed by atoms with E-state index in [0.717, 1.165) is 43.0 Å². The molecular weight excluding hydrogens is 320 g/mol. The second kappa shape index (κ2) is 7.62. The Bertz CT molecular complexity index is 527. The van der Waals surface area contributed by atoms with Gasteiger partial charge >= 0.3 is 0 Å². The Morgan fingerprint density at radius 1 is 1.13 bits per heavy atom. The minimum absolute atomic E-state index is 0.128. The van der Waals surface area contributed by atoms with Crippen molar-refractivity contribution in [1.82, 2.24) is 0 Å². The third-order valence-corrected chi connectivity index (χ3v) is 8.70. The summed E-state index contributed by atoms with van der Waals surface area (Å²) in [4.78, 5) is 0.871. The molecule has 0 aromatic heterocycles. The van der Waals surface area contributed by atoms with Crippen LogP contribution in [0, 0.1) is 6.92 Å². The van der Waals surface area contributed by atoms with Crippen LogP contribution in [0.15, 0.2) is 29.2 Å². The van der Waals surface area contributed by atoms with E-state index in [1.54, 1.807) is 0 Å². The number of aryl methyl sites for hydroxylation is 1.